The lowest BCUT2D eigenvalue weighted by molar-refractivity contribution is -0.0228. The number of amides is 1. The molecule has 0 N–H and O–H groups in total. The van der Waals surface area contributed by atoms with Gasteiger partial charge in [-0.2, -0.15) is 4.31 Å². The maximum atomic E-state index is 13.7. The first-order valence-corrected chi connectivity index (χ1v) is 15.3. The van der Waals surface area contributed by atoms with E-state index in [-0.39, 0.29) is 47.9 Å². The van der Waals surface area contributed by atoms with Crippen molar-refractivity contribution in [3.8, 4) is 5.75 Å². The fourth-order valence-corrected chi connectivity index (χ4v) is 7.04. The van der Waals surface area contributed by atoms with E-state index in [1.165, 1.54) is 23.5 Å². The van der Waals surface area contributed by atoms with Gasteiger partial charge in [0, 0.05) is 49.0 Å². The van der Waals surface area contributed by atoms with Crippen molar-refractivity contribution >= 4 is 56.4 Å². The molecule has 3 aromatic carbocycles. The van der Waals surface area contributed by atoms with Crippen molar-refractivity contribution in [2.45, 2.75) is 11.0 Å². The zero-order valence-corrected chi connectivity index (χ0v) is 24.8. The number of hydrogen-bond donors (Lipinski definition) is 0. The molecule has 12 heteroatoms. The molecule has 8 nitrogen and oxygen atoms in total. The summed E-state index contributed by atoms with van der Waals surface area (Å²) in [7, 11) is -2.52. The lowest BCUT2D eigenvalue weighted by Crippen LogP contribution is -2.48. The number of carbonyl (C=O) groups excluding carboxylic acids is 1. The molecule has 1 amide bonds. The Hall–Kier alpha value is -2.53. The number of methoxy groups -OCH3 is 1. The Morgan fingerprint density at radius 3 is 2.40 bits per heavy atom. The summed E-state index contributed by atoms with van der Waals surface area (Å²) in [6.45, 7) is 2.56. The highest BCUT2D eigenvalue weighted by Crippen LogP contribution is 2.32. The third kappa shape index (κ3) is 6.05. The lowest BCUT2D eigenvalue weighted by atomic mass is 10.1. The van der Waals surface area contributed by atoms with Crippen molar-refractivity contribution < 1.29 is 22.7 Å². The minimum absolute atomic E-state index is 0.0358. The third-order valence-corrected chi connectivity index (χ3v) is 10.0. The lowest BCUT2D eigenvalue weighted by Gasteiger charge is -2.35. The van der Waals surface area contributed by atoms with Crippen molar-refractivity contribution in [1.29, 1.82) is 0 Å². The van der Waals surface area contributed by atoms with Crippen molar-refractivity contribution in [2.75, 3.05) is 57.9 Å². The van der Waals surface area contributed by atoms with Gasteiger partial charge in [0.1, 0.15) is 16.7 Å². The summed E-state index contributed by atoms with van der Waals surface area (Å²) in [5, 5.41) is 1.47. The minimum Gasteiger partial charge on any atom is -0.495 e. The van der Waals surface area contributed by atoms with Crippen molar-refractivity contribution in [2.24, 2.45) is 0 Å². The summed E-state index contributed by atoms with van der Waals surface area (Å²) in [6, 6.07) is 17.2. The molecule has 0 saturated carbocycles. The number of benzene rings is 3. The normalized spacial score (nSPS) is 18.6. The van der Waals surface area contributed by atoms with Crippen LogP contribution in [-0.2, 0) is 14.8 Å². The van der Waals surface area contributed by atoms with E-state index in [2.05, 4.69) is 4.90 Å². The van der Waals surface area contributed by atoms with E-state index >= 15 is 0 Å². The Morgan fingerprint density at radius 1 is 0.925 bits per heavy atom. The highest BCUT2D eigenvalue weighted by Gasteiger charge is 2.33. The molecule has 0 bridgehead atoms. The molecule has 0 radical (unpaired) electrons. The molecule has 2 fully saturated rings. The van der Waals surface area contributed by atoms with Gasteiger partial charge in [-0.3, -0.25) is 4.79 Å². The minimum atomic E-state index is -3.93. The van der Waals surface area contributed by atoms with Gasteiger partial charge >= 0.3 is 0 Å². The second-order valence-corrected chi connectivity index (χ2v) is 12.7. The average molecular weight is 625 g/mol. The predicted octanol–water partition coefficient (Wildman–Crippen LogP) is 5.38. The Labute approximate surface area is 249 Å². The number of ether oxygens (including phenoxy) is 2. The number of rotatable bonds is 6. The summed E-state index contributed by atoms with van der Waals surface area (Å²) >= 11 is 18.4. The molecule has 40 heavy (non-hydrogen) atoms. The largest absolute Gasteiger partial charge is 0.495 e. The van der Waals surface area contributed by atoms with Crippen LogP contribution in [0.3, 0.4) is 0 Å². The Kier molecular flexibility index (Phi) is 8.80. The van der Waals surface area contributed by atoms with Crippen LogP contribution >= 0.6 is 34.8 Å². The fourth-order valence-electron chi connectivity index (χ4n) is 4.94. The second kappa shape index (κ2) is 12.1. The van der Waals surface area contributed by atoms with E-state index in [0.717, 1.165) is 11.3 Å². The monoisotopic (exact) mass is 623 g/mol. The Bertz CT molecular complexity index is 1510. The summed E-state index contributed by atoms with van der Waals surface area (Å²) < 4.78 is 40.2. The van der Waals surface area contributed by atoms with Gasteiger partial charge in [-0.25, -0.2) is 8.42 Å². The first-order valence-electron chi connectivity index (χ1n) is 12.7. The molecule has 1 atom stereocenters. The molecule has 5 rings (SSSR count). The maximum absolute atomic E-state index is 13.7. The molecule has 2 aliphatic heterocycles. The van der Waals surface area contributed by atoms with Gasteiger partial charge in [0.05, 0.1) is 30.3 Å². The zero-order chi connectivity index (χ0) is 28.4. The van der Waals surface area contributed by atoms with Crippen LogP contribution in [0.2, 0.25) is 15.1 Å². The summed E-state index contributed by atoms with van der Waals surface area (Å²) in [4.78, 5) is 17.2. The van der Waals surface area contributed by atoms with E-state index < -0.39 is 10.0 Å². The molecule has 1 unspecified atom stereocenters. The molecule has 0 spiro atoms. The number of anilines is 1. The Morgan fingerprint density at radius 2 is 1.70 bits per heavy atom. The van der Waals surface area contributed by atoms with Crippen molar-refractivity contribution in [3.05, 3.63) is 86.9 Å². The number of hydrogen-bond acceptors (Lipinski definition) is 6. The van der Waals surface area contributed by atoms with Crippen molar-refractivity contribution in [3.63, 3.8) is 0 Å². The quantitative estimate of drug-likeness (QED) is 0.367. The Balaban J connectivity index is 1.33. The molecule has 2 heterocycles. The van der Waals surface area contributed by atoms with Crippen LogP contribution in [0, 0.1) is 0 Å². The molecule has 2 saturated heterocycles. The SMILES string of the molecule is COc1ccc(C(=O)N2CCOC(c3ccc(Cl)c(Cl)c3)C2)cc1S(=O)(=O)N1CCN(c2cccc(Cl)c2)CC1. The molecule has 212 valence electrons. The van der Waals surface area contributed by atoms with Gasteiger partial charge in [-0.05, 0) is 54.1 Å². The maximum Gasteiger partial charge on any atom is 0.254 e. The number of carbonyl (C=O) groups is 1. The van der Waals surface area contributed by atoms with E-state index in [9.17, 15) is 13.2 Å². The van der Waals surface area contributed by atoms with E-state index in [4.69, 9.17) is 44.3 Å². The van der Waals surface area contributed by atoms with Crippen LogP contribution in [0.1, 0.15) is 22.0 Å². The smallest absolute Gasteiger partial charge is 0.254 e. The summed E-state index contributed by atoms with van der Waals surface area (Å²) in [6.07, 6.45) is -0.385. The third-order valence-electron chi connectivity index (χ3n) is 7.11. The van der Waals surface area contributed by atoms with Crippen LogP contribution in [0.25, 0.3) is 0 Å². The van der Waals surface area contributed by atoms with Gasteiger partial charge in [0.25, 0.3) is 5.91 Å². The predicted molar refractivity (Wildman–Crippen MR) is 156 cm³/mol. The van der Waals surface area contributed by atoms with Gasteiger partial charge in [0.15, 0.2) is 0 Å². The van der Waals surface area contributed by atoms with E-state index in [0.29, 0.717) is 41.3 Å². The average Bonchev–Trinajstić information content (AvgIpc) is 2.98. The number of piperazine rings is 1. The zero-order valence-electron chi connectivity index (χ0n) is 21.7. The van der Waals surface area contributed by atoms with Gasteiger partial charge < -0.3 is 19.3 Å². The van der Waals surface area contributed by atoms with Crippen molar-refractivity contribution in [1.82, 2.24) is 9.21 Å². The van der Waals surface area contributed by atoms with Crippen LogP contribution in [0.5, 0.6) is 5.75 Å². The first kappa shape index (κ1) is 29.0. The molecule has 0 aromatic heterocycles. The van der Waals surface area contributed by atoms with Crippen LogP contribution < -0.4 is 9.64 Å². The van der Waals surface area contributed by atoms with Crippen LogP contribution in [0.4, 0.5) is 5.69 Å². The molecule has 0 aliphatic carbocycles. The topological polar surface area (TPSA) is 79.4 Å². The summed E-state index contributed by atoms with van der Waals surface area (Å²) in [5.41, 5.74) is 2.01. The summed E-state index contributed by atoms with van der Waals surface area (Å²) in [5.74, 6) is -0.109. The number of nitrogens with zero attached hydrogens (tertiary/aromatic N) is 3. The van der Waals surface area contributed by atoms with Crippen LogP contribution in [-0.4, -0.2) is 76.5 Å². The van der Waals surface area contributed by atoms with E-state index in [1.54, 1.807) is 29.2 Å². The fraction of sp³-hybridized carbons (Fsp3) is 0.321. The van der Waals surface area contributed by atoms with Gasteiger partial charge in [-0.1, -0.05) is 46.9 Å². The highest BCUT2D eigenvalue weighted by atomic mass is 35.5. The molecule has 3 aromatic rings. The van der Waals surface area contributed by atoms with Crippen LogP contribution in [0.15, 0.2) is 65.6 Å². The highest BCUT2D eigenvalue weighted by molar-refractivity contribution is 7.89. The molecule has 2 aliphatic rings. The second-order valence-electron chi connectivity index (χ2n) is 9.52. The number of sulfonamides is 1. The van der Waals surface area contributed by atoms with Gasteiger partial charge in [-0.15, -0.1) is 0 Å². The number of halogens is 3. The molecular weight excluding hydrogens is 597 g/mol. The first-order chi connectivity index (χ1) is 19.2. The molecular formula is C28H28Cl3N3O5S. The number of morpholine rings is 1. The standard InChI is InChI=1S/C28H28Cl3N3O5S/c1-38-25-8-6-20(28(35)33-13-14-39-26(18-33)19-5-7-23(30)24(31)15-19)16-27(25)40(36,37)34-11-9-32(10-12-34)22-4-2-3-21(29)17-22/h2-8,15-17,26H,9-14,18H2,1H3. The van der Waals surface area contributed by atoms with E-state index in [1.807, 2.05) is 24.3 Å². The van der Waals surface area contributed by atoms with Gasteiger partial charge in [0.2, 0.25) is 10.0 Å².